The first-order valence-corrected chi connectivity index (χ1v) is 6.12. The maximum atomic E-state index is 11.5. The van der Waals surface area contributed by atoms with Gasteiger partial charge in [-0.05, 0) is 18.1 Å². The summed E-state index contributed by atoms with van der Waals surface area (Å²) < 4.78 is 5.13. The Balaban J connectivity index is 2.21. The predicted molar refractivity (Wildman–Crippen MR) is 66.1 cm³/mol. The minimum atomic E-state index is -0.827. The van der Waals surface area contributed by atoms with Crippen molar-refractivity contribution in [2.45, 2.75) is 32.6 Å². The summed E-state index contributed by atoms with van der Waals surface area (Å²) in [6.07, 6.45) is 3.33. The lowest BCUT2D eigenvalue weighted by molar-refractivity contribution is -0.138. The number of carbonyl (C=O) groups is 2. The van der Waals surface area contributed by atoms with Crippen molar-refractivity contribution in [3.63, 3.8) is 0 Å². The SMILES string of the molecule is CCC(CNC(=O)CCc1ccco1)CC(=O)O. The summed E-state index contributed by atoms with van der Waals surface area (Å²) in [5.74, 6) is -0.125. The van der Waals surface area contributed by atoms with E-state index in [1.165, 1.54) is 0 Å². The van der Waals surface area contributed by atoms with Gasteiger partial charge in [-0.1, -0.05) is 13.3 Å². The Morgan fingerprint density at radius 1 is 1.50 bits per heavy atom. The molecule has 0 aliphatic rings. The van der Waals surface area contributed by atoms with Crippen LogP contribution in [0, 0.1) is 5.92 Å². The third-order valence-corrected chi connectivity index (χ3v) is 2.81. The molecule has 0 radical (unpaired) electrons. The van der Waals surface area contributed by atoms with E-state index in [-0.39, 0.29) is 18.2 Å². The fraction of sp³-hybridized carbons (Fsp3) is 0.538. The average molecular weight is 253 g/mol. The van der Waals surface area contributed by atoms with Gasteiger partial charge in [0.1, 0.15) is 5.76 Å². The molecule has 0 bridgehead atoms. The molecule has 1 aromatic rings. The van der Waals surface area contributed by atoms with Crippen molar-refractivity contribution in [3.8, 4) is 0 Å². The van der Waals surface area contributed by atoms with Crippen molar-refractivity contribution in [1.29, 1.82) is 0 Å². The topological polar surface area (TPSA) is 79.5 Å². The summed E-state index contributed by atoms with van der Waals surface area (Å²) in [7, 11) is 0. The highest BCUT2D eigenvalue weighted by Gasteiger charge is 2.12. The standard InChI is InChI=1S/C13H19NO4/c1-2-10(8-13(16)17)9-14-12(15)6-5-11-4-3-7-18-11/h3-4,7,10H,2,5-6,8-9H2,1H3,(H,14,15)(H,16,17). The van der Waals surface area contributed by atoms with Gasteiger partial charge in [0.05, 0.1) is 6.26 Å². The van der Waals surface area contributed by atoms with Crippen molar-refractivity contribution in [2.75, 3.05) is 6.54 Å². The number of hydrogen-bond acceptors (Lipinski definition) is 3. The number of amides is 1. The molecule has 0 aliphatic carbocycles. The zero-order valence-electron chi connectivity index (χ0n) is 10.5. The minimum Gasteiger partial charge on any atom is -0.481 e. The first-order chi connectivity index (χ1) is 8.61. The fourth-order valence-corrected chi connectivity index (χ4v) is 1.65. The van der Waals surface area contributed by atoms with E-state index in [0.29, 0.717) is 19.4 Å². The monoisotopic (exact) mass is 253 g/mol. The van der Waals surface area contributed by atoms with Gasteiger partial charge in [0.15, 0.2) is 0 Å². The molecule has 1 amide bonds. The third kappa shape index (κ3) is 5.52. The van der Waals surface area contributed by atoms with Gasteiger partial charge in [-0.2, -0.15) is 0 Å². The van der Waals surface area contributed by atoms with E-state index in [0.717, 1.165) is 12.2 Å². The second-order valence-electron chi connectivity index (χ2n) is 4.26. The van der Waals surface area contributed by atoms with Gasteiger partial charge >= 0.3 is 5.97 Å². The quantitative estimate of drug-likeness (QED) is 0.740. The van der Waals surface area contributed by atoms with Gasteiger partial charge in [0.25, 0.3) is 0 Å². The van der Waals surface area contributed by atoms with Crippen LogP contribution in [-0.4, -0.2) is 23.5 Å². The summed E-state index contributed by atoms with van der Waals surface area (Å²) in [6.45, 7) is 2.34. The predicted octanol–water partition coefficient (Wildman–Crippen LogP) is 1.83. The Hall–Kier alpha value is -1.78. The van der Waals surface area contributed by atoms with Crippen LogP contribution in [-0.2, 0) is 16.0 Å². The fourth-order valence-electron chi connectivity index (χ4n) is 1.65. The van der Waals surface area contributed by atoms with Gasteiger partial charge in [-0.25, -0.2) is 0 Å². The summed E-state index contributed by atoms with van der Waals surface area (Å²) in [6, 6.07) is 3.61. The zero-order chi connectivity index (χ0) is 13.4. The van der Waals surface area contributed by atoms with Crippen molar-refractivity contribution in [1.82, 2.24) is 5.32 Å². The molecular formula is C13H19NO4. The molecule has 1 atom stereocenters. The number of carboxylic acids is 1. The van der Waals surface area contributed by atoms with Gasteiger partial charge in [0, 0.05) is 25.8 Å². The molecule has 1 rings (SSSR count). The Morgan fingerprint density at radius 3 is 2.83 bits per heavy atom. The highest BCUT2D eigenvalue weighted by atomic mass is 16.4. The average Bonchev–Trinajstić information content (AvgIpc) is 2.84. The van der Waals surface area contributed by atoms with Crippen LogP contribution in [0.5, 0.6) is 0 Å². The highest BCUT2D eigenvalue weighted by molar-refractivity contribution is 5.76. The molecule has 100 valence electrons. The molecular weight excluding hydrogens is 234 g/mol. The first-order valence-electron chi connectivity index (χ1n) is 6.12. The van der Waals surface area contributed by atoms with Crippen molar-refractivity contribution in [3.05, 3.63) is 24.2 Å². The second kappa shape index (κ2) is 7.53. The lowest BCUT2D eigenvalue weighted by Gasteiger charge is -2.13. The van der Waals surface area contributed by atoms with E-state index in [1.807, 2.05) is 13.0 Å². The molecule has 18 heavy (non-hydrogen) atoms. The first kappa shape index (κ1) is 14.3. The number of aryl methyl sites for hydroxylation is 1. The van der Waals surface area contributed by atoms with E-state index < -0.39 is 5.97 Å². The molecule has 2 N–H and O–H groups in total. The van der Waals surface area contributed by atoms with Gasteiger partial charge < -0.3 is 14.8 Å². The lowest BCUT2D eigenvalue weighted by Crippen LogP contribution is -2.30. The number of rotatable bonds is 8. The smallest absolute Gasteiger partial charge is 0.303 e. The molecule has 1 aromatic heterocycles. The molecule has 0 aromatic carbocycles. The van der Waals surface area contributed by atoms with E-state index in [4.69, 9.17) is 9.52 Å². The molecule has 5 heteroatoms. The third-order valence-electron chi connectivity index (χ3n) is 2.81. The van der Waals surface area contributed by atoms with Crippen molar-refractivity contribution < 1.29 is 19.1 Å². The van der Waals surface area contributed by atoms with E-state index in [9.17, 15) is 9.59 Å². The van der Waals surface area contributed by atoms with Crippen LogP contribution in [0.25, 0.3) is 0 Å². The summed E-state index contributed by atoms with van der Waals surface area (Å²) in [4.78, 5) is 22.1. The van der Waals surface area contributed by atoms with Crippen LogP contribution in [0.2, 0.25) is 0 Å². The van der Waals surface area contributed by atoms with Crippen LogP contribution in [0.3, 0.4) is 0 Å². The maximum absolute atomic E-state index is 11.5. The number of carboxylic acid groups (broad SMARTS) is 1. The molecule has 0 fully saturated rings. The van der Waals surface area contributed by atoms with Gasteiger partial charge in [-0.3, -0.25) is 9.59 Å². The number of furan rings is 1. The molecule has 1 heterocycles. The summed E-state index contributed by atoms with van der Waals surface area (Å²) in [5.41, 5.74) is 0. The number of nitrogens with one attached hydrogen (secondary N) is 1. The van der Waals surface area contributed by atoms with E-state index in [2.05, 4.69) is 5.32 Å². The Bertz CT molecular complexity index is 372. The van der Waals surface area contributed by atoms with Crippen molar-refractivity contribution in [2.24, 2.45) is 5.92 Å². The molecule has 0 aliphatic heterocycles. The Morgan fingerprint density at radius 2 is 2.28 bits per heavy atom. The normalized spacial score (nSPS) is 12.1. The minimum absolute atomic E-state index is 0.00457. The van der Waals surface area contributed by atoms with Gasteiger partial charge in [0.2, 0.25) is 5.91 Å². The second-order valence-corrected chi connectivity index (χ2v) is 4.26. The van der Waals surface area contributed by atoms with Crippen LogP contribution in [0.4, 0.5) is 0 Å². The molecule has 0 spiro atoms. The number of aliphatic carboxylic acids is 1. The largest absolute Gasteiger partial charge is 0.481 e. The molecule has 5 nitrogen and oxygen atoms in total. The summed E-state index contributed by atoms with van der Waals surface area (Å²) in [5, 5.41) is 11.4. The number of hydrogen-bond donors (Lipinski definition) is 2. The van der Waals surface area contributed by atoms with E-state index in [1.54, 1.807) is 12.3 Å². The summed E-state index contributed by atoms with van der Waals surface area (Å²) >= 11 is 0. The Kier molecular flexibility index (Phi) is 5.97. The van der Waals surface area contributed by atoms with Crippen molar-refractivity contribution >= 4 is 11.9 Å². The molecule has 1 unspecified atom stereocenters. The van der Waals surface area contributed by atoms with Gasteiger partial charge in [-0.15, -0.1) is 0 Å². The highest BCUT2D eigenvalue weighted by Crippen LogP contribution is 2.07. The van der Waals surface area contributed by atoms with E-state index >= 15 is 0 Å². The molecule has 0 saturated heterocycles. The lowest BCUT2D eigenvalue weighted by atomic mass is 10.0. The molecule has 0 saturated carbocycles. The van der Waals surface area contributed by atoms with Crippen LogP contribution in [0.1, 0.15) is 31.9 Å². The Labute approximate surface area is 106 Å². The number of carbonyl (C=O) groups excluding carboxylic acids is 1. The van der Waals surface area contributed by atoms with Crippen LogP contribution >= 0.6 is 0 Å². The van der Waals surface area contributed by atoms with Crippen LogP contribution < -0.4 is 5.32 Å². The maximum Gasteiger partial charge on any atom is 0.303 e. The van der Waals surface area contributed by atoms with Crippen LogP contribution in [0.15, 0.2) is 22.8 Å². The zero-order valence-corrected chi connectivity index (χ0v) is 10.5.